The minimum absolute atomic E-state index is 0.0347. The third-order valence-electron chi connectivity index (χ3n) is 4.85. The molecule has 2 heterocycles. The second-order valence-corrected chi connectivity index (χ2v) is 9.42. The van der Waals surface area contributed by atoms with E-state index < -0.39 is 14.9 Å². The lowest BCUT2D eigenvalue weighted by atomic mass is 9.99. The van der Waals surface area contributed by atoms with E-state index in [4.69, 9.17) is 0 Å². The fourth-order valence-corrected chi connectivity index (χ4v) is 5.05. The van der Waals surface area contributed by atoms with Gasteiger partial charge in [0.25, 0.3) is 21.6 Å². The van der Waals surface area contributed by atoms with E-state index in [1.807, 2.05) is 17.5 Å². The number of anilines is 1. The lowest BCUT2D eigenvalue weighted by Crippen LogP contribution is -2.35. The third kappa shape index (κ3) is 4.05. The number of nitro groups is 1. The number of fused-ring (bicyclic) bond motifs is 1. The molecule has 8 nitrogen and oxygen atoms in total. The number of hydrogen-bond acceptors (Lipinski definition) is 6. The molecular formula is C20H17N3O5S2. The van der Waals surface area contributed by atoms with Gasteiger partial charge in [-0.3, -0.25) is 19.6 Å². The van der Waals surface area contributed by atoms with Crippen molar-refractivity contribution in [3.63, 3.8) is 0 Å². The van der Waals surface area contributed by atoms with Gasteiger partial charge >= 0.3 is 0 Å². The summed E-state index contributed by atoms with van der Waals surface area (Å²) in [6.45, 7) is 1.01. The van der Waals surface area contributed by atoms with Crippen molar-refractivity contribution in [1.29, 1.82) is 0 Å². The lowest BCUT2D eigenvalue weighted by Gasteiger charge is -2.29. The number of sulfonamides is 1. The first-order valence-corrected chi connectivity index (χ1v) is 11.4. The molecule has 0 saturated carbocycles. The zero-order valence-electron chi connectivity index (χ0n) is 15.6. The van der Waals surface area contributed by atoms with Gasteiger partial charge in [-0.1, -0.05) is 12.1 Å². The van der Waals surface area contributed by atoms with E-state index in [2.05, 4.69) is 4.72 Å². The summed E-state index contributed by atoms with van der Waals surface area (Å²) in [5, 5.41) is 12.6. The molecule has 1 aliphatic heterocycles. The molecule has 0 aliphatic carbocycles. The molecule has 1 N–H and O–H groups in total. The van der Waals surface area contributed by atoms with Gasteiger partial charge in [0.05, 0.1) is 14.7 Å². The van der Waals surface area contributed by atoms with Crippen LogP contribution in [0.15, 0.2) is 64.9 Å². The summed E-state index contributed by atoms with van der Waals surface area (Å²) in [7, 11) is -3.90. The fourth-order valence-electron chi connectivity index (χ4n) is 3.31. The Bertz CT molecular complexity index is 1210. The number of hydrogen-bond donors (Lipinski definition) is 1. The fraction of sp³-hybridized carbons (Fsp3) is 0.150. The van der Waals surface area contributed by atoms with Gasteiger partial charge in [0.1, 0.15) is 0 Å². The first kappa shape index (κ1) is 20.0. The van der Waals surface area contributed by atoms with Gasteiger partial charge in [0.15, 0.2) is 0 Å². The number of thiophene rings is 1. The molecule has 0 unspecified atom stereocenters. The molecule has 30 heavy (non-hydrogen) atoms. The van der Waals surface area contributed by atoms with E-state index in [-0.39, 0.29) is 16.5 Å². The molecule has 1 aliphatic rings. The van der Waals surface area contributed by atoms with E-state index in [1.165, 1.54) is 23.5 Å². The van der Waals surface area contributed by atoms with Crippen LogP contribution >= 0.6 is 11.3 Å². The maximum atomic E-state index is 12.6. The minimum Gasteiger partial charge on any atom is -0.333 e. The average molecular weight is 444 g/mol. The smallest absolute Gasteiger partial charge is 0.269 e. The van der Waals surface area contributed by atoms with E-state index in [0.29, 0.717) is 30.1 Å². The molecule has 0 atom stereocenters. The van der Waals surface area contributed by atoms with E-state index >= 15 is 0 Å². The highest BCUT2D eigenvalue weighted by molar-refractivity contribution is 7.92. The maximum Gasteiger partial charge on any atom is 0.269 e. The molecule has 1 aromatic heterocycles. The Morgan fingerprint density at radius 3 is 2.53 bits per heavy atom. The van der Waals surface area contributed by atoms with Crippen LogP contribution in [-0.4, -0.2) is 30.7 Å². The first-order valence-electron chi connectivity index (χ1n) is 9.05. The molecule has 0 fully saturated rings. The molecular weight excluding hydrogens is 426 g/mol. The van der Waals surface area contributed by atoms with Crippen molar-refractivity contribution in [2.45, 2.75) is 17.9 Å². The Kier molecular flexibility index (Phi) is 5.27. The van der Waals surface area contributed by atoms with Crippen LogP contribution < -0.4 is 4.72 Å². The molecule has 2 aromatic carbocycles. The summed E-state index contributed by atoms with van der Waals surface area (Å²) in [6, 6.07) is 13.6. The van der Waals surface area contributed by atoms with Gasteiger partial charge in [0.2, 0.25) is 0 Å². The number of benzene rings is 2. The van der Waals surface area contributed by atoms with Crippen LogP contribution in [0.1, 0.15) is 20.8 Å². The monoisotopic (exact) mass is 443 g/mol. The quantitative estimate of drug-likeness (QED) is 0.478. The molecule has 3 aromatic rings. The van der Waals surface area contributed by atoms with Crippen LogP contribution in [0.4, 0.5) is 11.4 Å². The van der Waals surface area contributed by atoms with Gasteiger partial charge in [-0.2, -0.15) is 0 Å². The van der Waals surface area contributed by atoms with Crippen molar-refractivity contribution < 1.29 is 18.1 Å². The van der Waals surface area contributed by atoms with Gasteiger partial charge in [-0.15, -0.1) is 11.3 Å². The summed E-state index contributed by atoms with van der Waals surface area (Å²) < 4.78 is 27.8. The number of nitrogens with one attached hydrogen (secondary N) is 1. The van der Waals surface area contributed by atoms with Crippen molar-refractivity contribution in [3.8, 4) is 0 Å². The van der Waals surface area contributed by atoms with Gasteiger partial charge in [-0.05, 0) is 53.3 Å². The number of carbonyl (C=O) groups excluding carboxylic acids is 1. The summed E-state index contributed by atoms with van der Waals surface area (Å²) in [4.78, 5) is 25.1. The van der Waals surface area contributed by atoms with Crippen LogP contribution in [-0.2, 0) is 23.0 Å². The summed E-state index contributed by atoms with van der Waals surface area (Å²) in [5.74, 6) is -0.0347. The highest BCUT2D eigenvalue weighted by Gasteiger charge is 2.23. The topological polar surface area (TPSA) is 110 Å². The second-order valence-electron chi connectivity index (χ2n) is 6.79. The van der Waals surface area contributed by atoms with Crippen molar-refractivity contribution >= 4 is 38.6 Å². The Morgan fingerprint density at radius 2 is 1.87 bits per heavy atom. The van der Waals surface area contributed by atoms with Crippen LogP contribution in [0.25, 0.3) is 0 Å². The summed E-state index contributed by atoms with van der Waals surface area (Å²) in [5.41, 5.74) is 2.15. The lowest BCUT2D eigenvalue weighted by molar-refractivity contribution is -0.384. The number of nitrogens with zero attached hydrogens (tertiary/aromatic N) is 2. The Hall–Kier alpha value is -3.24. The van der Waals surface area contributed by atoms with Crippen molar-refractivity contribution in [2.75, 3.05) is 11.3 Å². The zero-order valence-corrected chi connectivity index (χ0v) is 17.3. The summed E-state index contributed by atoms with van der Waals surface area (Å²) >= 11 is 1.39. The summed E-state index contributed by atoms with van der Waals surface area (Å²) in [6.07, 6.45) is 0.696. The number of non-ortho nitro benzene ring substituents is 1. The predicted molar refractivity (Wildman–Crippen MR) is 113 cm³/mol. The molecule has 1 amide bonds. The molecule has 10 heteroatoms. The predicted octanol–water partition coefficient (Wildman–Crippen LogP) is 3.66. The second kappa shape index (κ2) is 7.88. The van der Waals surface area contributed by atoms with E-state index in [0.717, 1.165) is 23.3 Å². The maximum absolute atomic E-state index is 12.6. The molecule has 4 rings (SSSR count). The highest BCUT2D eigenvalue weighted by Crippen LogP contribution is 2.26. The van der Waals surface area contributed by atoms with Crippen LogP contribution in [0.3, 0.4) is 0 Å². The Balaban J connectivity index is 1.53. The van der Waals surface area contributed by atoms with Gasteiger partial charge in [-0.25, -0.2) is 8.42 Å². The SMILES string of the molecule is O=C(c1cccs1)N1CCc2ccc(NS(=O)(=O)c3ccc([N+](=O)[O-])cc3)cc2C1. The largest absolute Gasteiger partial charge is 0.333 e. The number of carbonyl (C=O) groups is 1. The van der Waals surface area contributed by atoms with Gasteiger partial charge < -0.3 is 4.90 Å². The normalized spacial score (nSPS) is 13.5. The average Bonchev–Trinajstić information content (AvgIpc) is 3.27. The zero-order chi connectivity index (χ0) is 21.3. The van der Waals surface area contributed by atoms with E-state index in [1.54, 1.807) is 23.1 Å². The number of nitro benzene ring substituents is 1. The van der Waals surface area contributed by atoms with Crippen molar-refractivity contribution in [3.05, 3.63) is 86.1 Å². The van der Waals surface area contributed by atoms with E-state index in [9.17, 15) is 23.3 Å². The van der Waals surface area contributed by atoms with Crippen LogP contribution in [0.2, 0.25) is 0 Å². The molecule has 154 valence electrons. The molecule has 0 saturated heterocycles. The van der Waals surface area contributed by atoms with Crippen LogP contribution in [0.5, 0.6) is 0 Å². The van der Waals surface area contributed by atoms with Crippen LogP contribution in [0, 0.1) is 10.1 Å². The molecule has 0 spiro atoms. The Morgan fingerprint density at radius 1 is 1.10 bits per heavy atom. The van der Waals surface area contributed by atoms with Crippen molar-refractivity contribution in [2.24, 2.45) is 0 Å². The number of amides is 1. The number of rotatable bonds is 5. The highest BCUT2D eigenvalue weighted by atomic mass is 32.2. The first-order chi connectivity index (χ1) is 14.3. The Labute approximate surface area is 177 Å². The van der Waals surface area contributed by atoms with Crippen molar-refractivity contribution in [1.82, 2.24) is 4.90 Å². The standard InChI is InChI=1S/C20H17N3O5S2/c24-20(19-2-1-11-29-19)22-10-9-14-3-4-16(12-15(14)13-22)21-30(27,28)18-7-5-17(6-8-18)23(25)26/h1-8,11-12,21H,9-10,13H2. The molecule has 0 radical (unpaired) electrons. The minimum atomic E-state index is -3.90. The molecule has 0 bridgehead atoms. The van der Waals surface area contributed by atoms with Gasteiger partial charge in [0, 0.05) is 30.9 Å². The third-order valence-corrected chi connectivity index (χ3v) is 7.10.